The monoisotopic (exact) mass is 631 g/mol. The molecule has 230 valence electrons. The van der Waals surface area contributed by atoms with E-state index >= 15 is 0 Å². The van der Waals surface area contributed by atoms with Gasteiger partial charge < -0.3 is 9.80 Å². The third-order valence-electron chi connectivity index (χ3n) is 10.3. The maximum absolute atomic E-state index is 13.9. The second-order valence-electron chi connectivity index (χ2n) is 14.0. The maximum atomic E-state index is 13.9. The van der Waals surface area contributed by atoms with Crippen LogP contribution in [0.2, 0.25) is 5.02 Å². The number of hydrogen-bond acceptors (Lipinski definition) is 5. The summed E-state index contributed by atoms with van der Waals surface area (Å²) in [5.41, 5.74) is 5.03. The van der Waals surface area contributed by atoms with Gasteiger partial charge in [0.1, 0.15) is 6.04 Å². The predicted octanol–water partition coefficient (Wildman–Crippen LogP) is 6.09. The van der Waals surface area contributed by atoms with Crippen LogP contribution in [0.4, 0.5) is 0 Å². The van der Waals surface area contributed by atoms with Crippen LogP contribution >= 0.6 is 23.4 Å². The number of allylic oxidation sites excluding steroid dienone is 1. The van der Waals surface area contributed by atoms with E-state index in [1.165, 1.54) is 5.57 Å². The highest BCUT2D eigenvalue weighted by atomic mass is 35.5. The average molecular weight is 632 g/mol. The normalized spacial score (nSPS) is 27.9. The molecule has 0 spiro atoms. The summed E-state index contributed by atoms with van der Waals surface area (Å²) >= 11 is 8.04. The Morgan fingerprint density at radius 1 is 1.00 bits per heavy atom. The van der Waals surface area contributed by atoms with Gasteiger partial charge in [-0.1, -0.05) is 37.6 Å². The first-order valence-corrected chi connectivity index (χ1v) is 17.0. The van der Waals surface area contributed by atoms with Crippen molar-refractivity contribution in [3.05, 3.63) is 69.8 Å². The van der Waals surface area contributed by atoms with Crippen molar-refractivity contribution in [1.29, 1.82) is 0 Å². The Labute approximate surface area is 267 Å². The van der Waals surface area contributed by atoms with Gasteiger partial charge in [0.15, 0.2) is 0 Å². The van der Waals surface area contributed by atoms with E-state index in [1.54, 1.807) is 4.90 Å². The van der Waals surface area contributed by atoms with Crippen LogP contribution in [-0.4, -0.2) is 57.8 Å². The number of halogens is 1. The highest BCUT2D eigenvalue weighted by molar-refractivity contribution is 8.00. The van der Waals surface area contributed by atoms with Crippen molar-refractivity contribution < 1.29 is 19.2 Å². The predicted molar refractivity (Wildman–Crippen MR) is 171 cm³/mol. The van der Waals surface area contributed by atoms with Gasteiger partial charge in [0, 0.05) is 52.4 Å². The molecule has 0 bridgehead atoms. The number of carbonyl (C=O) groups excluding carboxylic acids is 4. The number of fused-ring (bicyclic) bond motifs is 2. The van der Waals surface area contributed by atoms with Gasteiger partial charge in [-0.05, 0) is 103 Å². The highest BCUT2D eigenvalue weighted by Gasteiger charge is 2.44. The number of nitrogens with zero attached hydrogens (tertiary/aromatic N) is 2. The van der Waals surface area contributed by atoms with Gasteiger partial charge in [0.2, 0.25) is 17.7 Å². The second kappa shape index (κ2) is 11.4. The zero-order valence-corrected chi connectivity index (χ0v) is 26.8. The molecule has 7 rings (SSSR count). The molecule has 5 aliphatic rings. The number of hydrogen-bond donors (Lipinski definition) is 1. The SMILES string of the molecule is CC1(C)CCC(C(=O)N2C[C@H]3CC(Sc4ccc5c(c4)CN(C4CCC(=O)NC4=O)C5=O)C[C@H]3C2)=C(c2ccc(Cl)cc2)C1. The number of likely N-dealkylation sites (tertiary alicyclic amines) is 1. The van der Waals surface area contributed by atoms with E-state index in [4.69, 9.17) is 11.6 Å². The Kier molecular flexibility index (Phi) is 7.64. The van der Waals surface area contributed by atoms with E-state index in [0.717, 1.165) is 66.8 Å². The number of rotatable bonds is 5. The van der Waals surface area contributed by atoms with E-state index in [1.807, 2.05) is 48.2 Å². The molecule has 0 aromatic heterocycles. The van der Waals surface area contributed by atoms with Gasteiger partial charge in [-0.3, -0.25) is 24.5 Å². The van der Waals surface area contributed by atoms with Gasteiger partial charge in [-0.15, -0.1) is 11.8 Å². The Bertz CT molecular complexity index is 1570. The molecular formula is C35H38ClN3O4S. The Morgan fingerprint density at radius 3 is 2.43 bits per heavy atom. The molecule has 3 aliphatic heterocycles. The molecule has 4 amide bonds. The first kappa shape index (κ1) is 29.6. The lowest BCUT2D eigenvalue weighted by atomic mass is 9.72. The number of imide groups is 1. The summed E-state index contributed by atoms with van der Waals surface area (Å²) in [7, 11) is 0. The Hall–Kier alpha value is -3.10. The first-order chi connectivity index (χ1) is 21.0. The molecular weight excluding hydrogens is 594 g/mol. The number of amides is 4. The molecule has 3 fully saturated rings. The summed E-state index contributed by atoms with van der Waals surface area (Å²) in [6.07, 6.45) is 5.50. The van der Waals surface area contributed by atoms with Crippen LogP contribution in [0.25, 0.3) is 5.57 Å². The molecule has 0 radical (unpaired) electrons. The number of benzene rings is 2. The topological polar surface area (TPSA) is 86.8 Å². The second-order valence-corrected chi connectivity index (χ2v) is 15.8. The molecule has 4 atom stereocenters. The average Bonchev–Trinajstić information content (AvgIpc) is 3.64. The van der Waals surface area contributed by atoms with Crippen LogP contribution in [0.3, 0.4) is 0 Å². The highest BCUT2D eigenvalue weighted by Crippen LogP contribution is 2.48. The lowest BCUT2D eigenvalue weighted by Crippen LogP contribution is -2.52. The van der Waals surface area contributed by atoms with Crippen LogP contribution in [0.1, 0.15) is 80.3 Å². The van der Waals surface area contributed by atoms with Gasteiger partial charge in [0.25, 0.3) is 5.91 Å². The fourth-order valence-corrected chi connectivity index (χ4v) is 9.52. The minimum Gasteiger partial charge on any atom is -0.338 e. The Balaban J connectivity index is 0.991. The van der Waals surface area contributed by atoms with Crippen molar-refractivity contribution in [2.24, 2.45) is 17.3 Å². The van der Waals surface area contributed by atoms with Gasteiger partial charge in [-0.25, -0.2) is 0 Å². The summed E-state index contributed by atoms with van der Waals surface area (Å²) < 4.78 is 0. The smallest absolute Gasteiger partial charge is 0.255 e. The molecule has 2 saturated heterocycles. The summed E-state index contributed by atoms with van der Waals surface area (Å²) in [6.45, 7) is 6.61. The fraction of sp³-hybridized carbons (Fsp3) is 0.486. The summed E-state index contributed by atoms with van der Waals surface area (Å²) in [5, 5.41) is 3.55. The lowest BCUT2D eigenvalue weighted by molar-refractivity contribution is -0.137. The van der Waals surface area contributed by atoms with Crippen molar-refractivity contribution in [1.82, 2.24) is 15.1 Å². The van der Waals surface area contributed by atoms with E-state index < -0.39 is 6.04 Å². The molecule has 7 nitrogen and oxygen atoms in total. The van der Waals surface area contributed by atoms with Crippen molar-refractivity contribution in [3.63, 3.8) is 0 Å². The van der Waals surface area contributed by atoms with Crippen LogP contribution < -0.4 is 5.32 Å². The zero-order chi connectivity index (χ0) is 30.7. The Morgan fingerprint density at radius 2 is 1.73 bits per heavy atom. The van der Waals surface area contributed by atoms with E-state index in [9.17, 15) is 19.2 Å². The zero-order valence-electron chi connectivity index (χ0n) is 25.2. The van der Waals surface area contributed by atoms with Crippen LogP contribution in [0.15, 0.2) is 52.9 Å². The number of piperidine rings is 1. The fourth-order valence-electron chi connectivity index (χ4n) is 7.97. The van der Waals surface area contributed by atoms with Gasteiger partial charge in [-0.2, -0.15) is 0 Å². The summed E-state index contributed by atoms with van der Waals surface area (Å²) in [6, 6.07) is 13.3. The molecule has 1 saturated carbocycles. The first-order valence-electron chi connectivity index (χ1n) is 15.8. The summed E-state index contributed by atoms with van der Waals surface area (Å²) in [4.78, 5) is 55.8. The quantitative estimate of drug-likeness (QED) is 0.404. The summed E-state index contributed by atoms with van der Waals surface area (Å²) in [5.74, 6) is 0.438. The van der Waals surface area contributed by atoms with Crippen LogP contribution in [-0.2, 0) is 20.9 Å². The molecule has 2 aliphatic carbocycles. The maximum Gasteiger partial charge on any atom is 0.255 e. The number of carbonyl (C=O) groups is 4. The molecule has 9 heteroatoms. The minimum atomic E-state index is -0.596. The number of thioether (sulfide) groups is 1. The van der Waals surface area contributed by atoms with Crippen molar-refractivity contribution in [2.45, 2.75) is 81.5 Å². The largest absolute Gasteiger partial charge is 0.338 e. The molecule has 1 N–H and O–H groups in total. The van der Waals surface area contributed by atoms with Crippen LogP contribution in [0.5, 0.6) is 0 Å². The molecule has 44 heavy (non-hydrogen) atoms. The van der Waals surface area contributed by atoms with Gasteiger partial charge in [0.05, 0.1) is 0 Å². The minimum absolute atomic E-state index is 0.137. The molecule has 2 aromatic carbocycles. The van der Waals surface area contributed by atoms with Crippen molar-refractivity contribution >= 4 is 52.6 Å². The van der Waals surface area contributed by atoms with Gasteiger partial charge >= 0.3 is 0 Å². The number of nitrogens with one attached hydrogen (secondary N) is 1. The molecule has 2 aromatic rings. The third kappa shape index (κ3) is 5.60. The van der Waals surface area contributed by atoms with Crippen molar-refractivity contribution in [3.8, 4) is 0 Å². The van der Waals surface area contributed by atoms with E-state index in [2.05, 4.69) is 30.1 Å². The van der Waals surface area contributed by atoms with Crippen LogP contribution in [0, 0.1) is 17.3 Å². The standard InChI is InChI=1S/C35H38ClN3O4S/c1-35(2)12-11-28(29(16-35)20-3-5-24(36)6-4-20)33(42)38-17-21-13-26(14-22(21)18-38)44-25-7-8-27-23(15-25)19-39(34(27)43)30-9-10-31(40)37-32(30)41/h3-8,15,21-22,26,30H,9-14,16-19H2,1-2H3,(H,37,40,41)/t21-,22+,26?,30?. The lowest BCUT2D eigenvalue weighted by Gasteiger charge is -2.34. The van der Waals surface area contributed by atoms with Crippen molar-refractivity contribution in [2.75, 3.05) is 13.1 Å². The van der Waals surface area contributed by atoms with E-state index in [-0.39, 0.29) is 35.5 Å². The molecule has 2 unspecified atom stereocenters. The van der Waals surface area contributed by atoms with E-state index in [0.29, 0.717) is 40.6 Å². The molecule has 3 heterocycles. The third-order valence-corrected chi connectivity index (χ3v) is 11.8.